The molecule has 1 aromatic heterocycles. The summed E-state index contributed by atoms with van der Waals surface area (Å²) in [5.74, 6) is -1.23. The van der Waals surface area contributed by atoms with E-state index in [1.807, 2.05) is 0 Å². The molecule has 1 unspecified atom stereocenters. The highest BCUT2D eigenvalue weighted by Gasteiger charge is 2.23. The Bertz CT molecular complexity index is 759. The minimum Gasteiger partial charge on any atom is -0.478 e. The van der Waals surface area contributed by atoms with Gasteiger partial charge in [0.1, 0.15) is 4.90 Å². The van der Waals surface area contributed by atoms with E-state index in [0.717, 1.165) is 6.07 Å². The van der Waals surface area contributed by atoms with Crippen LogP contribution in [-0.2, 0) is 10.0 Å². The number of nitrogens with one attached hydrogen (secondary N) is 2. The van der Waals surface area contributed by atoms with Gasteiger partial charge < -0.3 is 5.11 Å². The van der Waals surface area contributed by atoms with Crippen molar-refractivity contribution >= 4 is 27.6 Å². The molecule has 21 heavy (non-hydrogen) atoms. The second-order valence-electron chi connectivity index (χ2n) is 4.32. The number of aromatic nitrogens is 2. The number of hydrogen-bond donors (Lipinski definition) is 3. The lowest BCUT2D eigenvalue weighted by Gasteiger charge is -2.14. The van der Waals surface area contributed by atoms with Gasteiger partial charge in [-0.25, -0.2) is 17.9 Å². The first-order valence-electron chi connectivity index (χ1n) is 5.85. The molecule has 9 heteroatoms. The van der Waals surface area contributed by atoms with Gasteiger partial charge in [-0.1, -0.05) is 11.6 Å². The summed E-state index contributed by atoms with van der Waals surface area (Å²) >= 11 is 5.86. The van der Waals surface area contributed by atoms with Gasteiger partial charge in [-0.05, 0) is 25.1 Å². The zero-order valence-electron chi connectivity index (χ0n) is 10.9. The quantitative estimate of drug-likeness (QED) is 0.774. The normalized spacial score (nSPS) is 13.0. The summed E-state index contributed by atoms with van der Waals surface area (Å²) in [7, 11) is -3.96. The van der Waals surface area contributed by atoms with Crippen LogP contribution in [0.25, 0.3) is 0 Å². The number of sulfonamides is 1. The average Bonchev–Trinajstić information content (AvgIpc) is 2.92. The third kappa shape index (κ3) is 3.41. The van der Waals surface area contributed by atoms with Crippen molar-refractivity contribution in [3.8, 4) is 0 Å². The van der Waals surface area contributed by atoms with Crippen molar-refractivity contribution in [1.82, 2.24) is 14.9 Å². The lowest BCUT2D eigenvalue weighted by atomic mass is 10.2. The Morgan fingerprint density at radius 2 is 2.19 bits per heavy atom. The fraction of sp³-hybridized carbons (Fsp3) is 0.167. The van der Waals surface area contributed by atoms with Crippen molar-refractivity contribution in [3.05, 3.63) is 46.7 Å². The molecule has 0 saturated heterocycles. The Kier molecular flexibility index (Phi) is 4.31. The largest absolute Gasteiger partial charge is 0.478 e. The molecule has 7 nitrogen and oxygen atoms in total. The number of aromatic carboxylic acids is 1. The van der Waals surface area contributed by atoms with Gasteiger partial charge in [-0.3, -0.25) is 5.10 Å². The van der Waals surface area contributed by atoms with Gasteiger partial charge in [0.2, 0.25) is 10.0 Å². The van der Waals surface area contributed by atoms with Gasteiger partial charge in [-0.2, -0.15) is 5.10 Å². The van der Waals surface area contributed by atoms with Crippen LogP contribution in [0, 0.1) is 0 Å². The van der Waals surface area contributed by atoms with E-state index in [-0.39, 0.29) is 15.5 Å². The van der Waals surface area contributed by atoms with E-state index in [4.69, 9.17) is 16.7 Å². The maximum Gasteiger partial charge on any atom is 0.335 e. The number of carboxylic acids is 1. The fourth-order valence-electron chi connectivity index (χ4n) is 1.70. The number of carboxylic acid groups (broad SMARTS) is 1. The molecule has 0 aliphatic rings. The molecule has 1 atom stereocenters. The number of carbonyl (C=O) groups is 1. The van der Waals surface area contributed by atoms with Crippen molar-refractivity contribution in [2.45, 2.75) is 17.9 Å². The van der Waals surface area contributed by atoms with Crippen LogP contribution in [0.4, 0.5) is 0 Å². The summed E-state index contributed by atoms with van der Waals surface area (Å²) in [5, 5.41) is 15.2. The highest BCUT2D eigenvalue weighted by molar-refractivity contribution is 7.89. The van der Waals surface area contributed by atoms with Gasteiger partial charge in [0, 0.05) is 17.8 Å². The zero-order chi connectivity index (χ0) is 15.6. The first kappa shape index (κ1) is 15.5. The molecule has 0 spiro atoms. The number of H-pyrrole nitrogens is 1. The number of hydrogen-bond acceptors (Lipinski definition) is 4. The molecule has 3 N–H and O–H groups in total. The second-order valence-corrected chi connectivity index (χ2v) is 6.41. The number of benzene rings is 1. The smallest absolute Gasteiger partial charge is 0.335 e. The summed E-state index contributed by atoms with van der Waals surface area (Å²) in [6.07, 6.45) is 3.05. The molecule has 2 aromatic rings. The predicted octanol–water partition coefficient (Wildman–Crippen LogP) is 1.80. The van der Waals surface area contributed by atoms with E-state index >= 15 is 0 Å². The van der Waals surface area contributed by atoms with E-state index in [1.54, 1.807) is 13.1 Å². The monoisotopic (exact) mass is 329 g/mol. The number of halogens is 1. The molecule has 0 aliphatic carbocycles. The van der Waals surface area contributed by atoms with Crippen molar-refractivity contribution < 1.29 is 18.3 Å². The van der Waals surface area contributed by atoms with E-state index in [9.17, 15) is 13.2 Å². The van der Waals surface area contributed by atoms with E-state index < -0.39 is 22.0 Å². The third-order valence-corrected chi connectivity index (χ3v) is 4.84. The molecule has 0 fully saturated rings. The van der Waals surface area contributed by atoms with Crippen molar-refractivity contribution in [1.29, 1.82) is 0 Å². The molecule has 2 rings (SSSR count). The van der Waals surface area contributed by atoms with Crippen LogP contribution in [0.1, 0.15) is 28.9 Å². The first-order chi connectivity index (χ1) is 9.81. The molecule has 1 aromatic carbocycles. The van der Waals surface area contributed by atoms with Gasteiger partial charge in [0.25, 0.3) is 0 Å². The Labute approximate surface area is 126 Å². The molecule has 0 bridgehead atoms. The lowest BCUT2D eigenvalue weighted by Crippen LogP contribution is -2.27. The van der Waals surface area contributed by atoms with Gasteiger partial charge in [0.15, 0.2) is 0 Å². The molecule has 0 radical (unpaired) electrons. The molecule has 0 amide bonds. The molecular weight excluding hydrogens is 318 g/mol. The van der Waals surface area contributed by atoms with Crippen LogP contribution in [0.5, 0.6) is 0 Å². The standard InChI is InChI=1S/C12H12ClN3O4S/c1-7(9-5-14-15-6-9)16-21(19,20)11-4-8(12(17)18)2-3-10(11)13/h2-7,16H,1H3,(H,14,15)(H,17,18). The van der Waals surface area contributed by atoms with Crippen LogP contribution in [0.3, 0.4) is 0 Å². The molecule has 0 aliphatic heterocycles. The van der Waals surface area contributed by atoms with Crippen LogP contribution in [-0.4, -0.2) is 29.7 Å². The van der Waals surface area contributed by atoms with Gasteiger partial charge in [0.05, 0.1) is 16.8 Å². The molecular formula is C12H12ClN3O4S. The van der Waals surface area contributed by atoms with Crippen molar-refractivity contribution in [2.75, 3.05) is 0 Å². The summed E-state index contributed by atoms with van der Waals surface area (Å²) in [5.41, 5.74) is 0.486. The van der Waals surface area contributed by atoms with Crippen LogP contribution < -0.4 is 4.72 Å². The van der Waals surface area contributed by atoms with E-state index in [0.29, 0.717) is 5.56 Å². The number of nitrogens with zero attached hydrogens (tertiary/aromatic N) is 1. The minimum absolute atomic E-state index is 0.0492. The van der Waals surface area contributed by atoms with Gasteiger partial charge >= 0.3 is 5.97 Å². The number of rotatable bonds is 5. The third-order valence-electron chi connectivity index (χ3n) is 2.82. The molecule has 1 heterocycles. The maximum absolute atomic E-state index is 12.3. The van der Waals surface area contributed by atoms with Crippen LogP contribution in [0.2, 0.25) is 5.02 Å². The van der Waals surface area contributed by atoms with Gasteiger partial charge in [-0.15, -0.1) is 0 Å². The van der Waals surface area contributed by atoms with Crippen molar-refractivity contribution in [3.63, 3.8) is 0 Å². The average molecular weight is 330 g/mol. The Balaban J connectivity index is 2.35. The Morgan fingerprint density at radius 1 is 1.48 bits per heavy atom. The second kappa shape index (κ2) is 5.84. The highest BCUT2D eigenvalue weighted by Crippen LogP contribution is 2.24. The summed E-state index contributed by atoms with van der Waals surface area (Å²) in [6, 6.07) is 2.96. The number of aromatic amines is 1. The maximum atomic E-state index is 12.3. The van der Waals surface area contributed by atoms with E-state index in [2.05, 4.69) is 14.9 Å². The summed E-state index contributed by atoms with van der Waals surface area (Å²) in [6.45, 7) is 1.64. The summed E-state index contributed by atoms with van der Waals surface area (Å²) < 4.78 is 27.0. The van der Waals surface area contributed by atoms with E-state index in [1.165, 1.54) is 18.3 Å². The zero-order valence-corrected chi connectivity index (χ0v) is 12.4. The minimum atomic E-state index is -3.96. The lowest BCUT2D eigenvalue weighted by molar-refractivity contribution is 0.0696. The first-order valence-corrected chi connectivity index (χ1v) is 7.71. The van der Waals surface area contributed by atoms with Crippen LogP contribution in [0.15, 0.2) is 35.5 Å². The SMILES string of the molecule is CC(NS(=O)(=O)c1cc(C(=O)O)ccc1Cl)c1cn[nH]c1. The van der Waals surface area contributed by atoms with Crippen LogP contribution >= 0.6 is 11.6 Å². The Morgan fingerprint density at radius 3 is 2.76 bits per heavy atom. The Hall–Kier alpha value is -1.90. The summed E-state index contributed by atoms with van der Waals surface area (Å²) in [4.78, 5) is 10.7. The topological polar surface area (TPSA) is 112 Å². The molecule has 112 valence electrons. The predicted molar refractivity (Wildman–Crippen MR) is 75.7 cm³/mol. The van der Waals surface area contributed by atoms with Crippen molar-refractivity contribution in [2.24, 2.45) is 0 Å². The fourth-order valence-corrected chi connectivity index (χ4v) is 3.46. The highest BCUT2D eigenvalue weighted by atomic mass is 35.5. The molecule has 0 saturated carbocycles.